The van der Waals surface area contributed by atoms with E-state index in [1.165, 1.54) is 0 Å². The first-order valence-corrected chi connectivity index (χ1v) is 1.26. The molecule has 0 bridgehead atoms. The smallest absolute Gasteiger partial charge is 0.249 e. The fourth-order valence-electron chi connectivity index (χ4n) is 0. The van der Waals surface area contributed by atoms with Crippen molar-refractivity contribution in [2.24, 2.45) is 0 Å². The average Bonchev–Trinajstić information content (AvgIpc) is 1.25. The van der Waals surface area contributed by atoms with Crippen molar-refractivity contribution in [2.75, 3.05) is 0 Å². The highest BCUT2D eigenvalue weighted by Gasteiger charge is 1.51. The Kier molecular flexibility index (Phi) is 6.74. The molecule has 0 aromatic carbocycles. The molecule has 0 aliphatic rings. The fraction of sp³-hybridized carbons (Fsp3) is 0. The first kappa shape index (κ1) is 9.74. The molecule has 0 aromatic rings. The summed E-state index contributed by atoms with van der Waals surface area (Å²) in [5.41, 5.74) is 0. The molecule has 6 nitrogen and oxygen atoms in total. The molecule has 0 spiro atoms. The molecule has 0 aliphatic carbocycles. The van der Waals surface area contributed by atoms with Crippen LogP contribution in [0.5, 0.6) is 0 Å². The van der Waals surface area contributed by atoms with E-state index in [2.05, 4.69) is 0 Å². The second-order valence-corrected chi connectivity index (χ2v) is 0.532. The standard InChI is InChI=1S/2CH2O3/c2*2-1(3)4/h2*(H2,2,3,4)/p-2. The summed E-state index contributed by atoms with van der Waals surface area (Å²) in [6.45, 7) is 0. The molecule has 0 atom stereocenters. The predicted molar refractivity (Wildman–Crippen MR) is 16.0 cm³/mol. The molecular weight excluding hydrogens is 120 g/mol. The summed E-state index contributed by atoms with van der Waals surface area (Å²) >= 11 is 0. The highest BCUT2D eigenvalue weighted by atomic mass is 16.6. The quantitative estimate of drug-likeness (QED) is 0.375. The molecule has 0 heterocycles. The normalized spacial score (nSPS) is 6.00. The van der Waals surface area contributed by atoms with Gasteiger partial charge in [-0.2, -0.15) is 0 Å². The highest BCUT2D eigenvalue weighted by Crippen LogP contribution is 1.32. The third-order valence-electron chi connectivity index (χ3n) is 0. The molecule has 0 saturated heterocycles. The van der Waals surface area contributed by atoms with Crippen LogP contribution in [0.4, 0.5) is 9.59 Å². The van der Waals surface area contributed by atoms with Gasteiger partial charge >= 0.3 is 0 Å². The topological polar surface area (TPSA) is 121 Å². The maximum Gasteiger partial charge on any atom is 0.249 e. The van der Waals surface area contributed by atoms with E-state index in [4.69, 9.17) is 30.0 Å². The molecule has 0 aliphatic heterocycles. The number of hydrogen-bond donors (Lipinski definition) is 2. The van der Waals surface area contributed by atoms with Gasteiger partial charge in [0, 0.05) is 0 Å². The molecule has 6 heteroatoms. The van der Waals surface area contributed by atoms with Gasteiger partial charge in [0.2, 0.25) is 12.3 Å². The Morgan fingerprint density at radius 2 is 1.00 bits per heavy atom. The summed E-state index contributed by atoms with van der Waals surface area (Å²) in [4.78, 5) is 16.9. The molecule has 0 radical (unpaired) electrons. The van der Waals surface area contributed by atoms with Crippen LogP contribution in [0.2, 0.25) is 0 Å². The molecule has 0 amide bonds. The zero-order chi connectivity index (χ0) is 7.15. The van der Waals surface area contributed by atoms with E-state index in [1.54, 1.807) is 0 Å². The molecule has 0 aromatic heterocycles. The zero-order valence-corrected chi connectivity index (χ0v) is 3.53. The Morgan fingerprint density at radius 3 is 1.00 bits per heavy atom. The molecule has 0 fully saturated rings. The summed E-state index contributed by atoms with van der Waals surface area (Å²) in [5.74, 6) is 0. The van der Waals surface area contributed by atoms with Crippen LogP contribution in [-0.2, 0) is 0 Å². The van der Waals surface area contributed by atoms with Crippen molar-refractivity contribution in [1.29, 1.82) is 0 Å². The number of carbonyl (C=O) groups is 2. The monoisotopic (exact) mass is 122 g/mol. The molecule has 0 rings (SSSR count). The fourth-order valence-corrected chi connectivity index (χ4v) is 0. The Morgan fingerprint density at radius 1 is 1.00 bits per heavy atom. The van der Waals surface area contributed by atoms with Gasteiger partial charge < -0.3 is 30.0 Å². The predicted octanol–water partition coefficient (Wildman–Crippen LogP) is -2.22. The van der Waals surface area contributed by atoms with Crippen molar-refractivity contribution >= 4 is 12.3 Å². The van der Waals surface area contributed by atoms with Gasteiger partial charge in [0.25, 0.3) is 0 Å². The summed E-state index contributed by atoms with van der Waals surface area (Å²) < 4.78 is 0. The van der Waals surface area contributed by atoms with Crippen LogP contribution in [0.25, 0.3) is 0 Å². The van der Waals surface area contributed by atoms with Gasteiger partial charge in [0.1, 0.15) is 0 Å². The minimum absolute atomic E-state index is 2.08. The molecule has 0 saturated carbocycles. The lowest BCUT2D eigenvalue weighted by atomic mass is 11.5. The van der Waals surface area contributed by atoms with Gasteiger partial charge in [-0.3, -0.25) is 0 Å². The number of hydrogen-bond acceptors (Lipinski definition) is 4. The van der Waals surface area contributed by atoms with E-state index in [0.29, 0.717) is 0 Å². The molecule has 48 valence electrons. The number of rotatable bonds is 0. The molecule has 2 N–H and O–H groups in total. The van der Waals surface area contributed by atoms with E-state index in [-0.39, 0.29) is 0 Å². The maximum absolute atomic E-state index is 8.44. The summed E-state index contributed by atoms with van der Waals surface area (Å²) in [5, 5.41) is 30.6. The molecule has 0 unspecified atom stereocenters. The summed E-state index contributed by atoms with van der Waals surface area (Å²) in [6, 6.07) is 0. The van der Waals surface area contributed by atoms with E-state index < -0.39 is 12.3 Å². The molecular formula is C2H2O6-2. The summed E-state index contributed by atoms with van der Waals surface area (Å²) in [7, 11) is 0. The van der Waals surface area contributed by atoms with Crippen molar-refractivity contribution in [2.45, 2.75) is 0 Å². The van der Waals surface area contributed by atoms with Crippen LogP contribution in [0.3, 0.4) is 0 Å². The number of carboxylic acid groups (broad SMARTS) is 4. The van der Waals surface area contributed by atoms with Gasteiger partial charge in [0.15, 0.2) is 0 Å². The lowest BCUT2D eigenvalue weighted by Crippen LogP contribution is -2.17. The summed E-state index contributed by atoms with van der Waals surface area (Å²) in [6.07, 6.45) is -4.17. The van der Waals surface area contributed by atoms with Gasteiger partial charge in [0.05, 0.1) is 0 Å². The Hall–Kier alpha value is -1.46. The van der Waals surface area contributed by atoms with E-state index >= 15 is 0 Å². The van der Waals surface area contributed by atoms with Crippen molar-refractivity contribution in [3.63, 3.8) is 0 Å². The zero-order valence-electron chi connectivity index (χ0n) is 3.53. The van der Waals surface area contributed by atoms with Crippen LogP contribution >= 0.6 is 0 Å². The lowest BCUT2D eigenvalue weighted by Gasteiger charge is -1.74. The van der Waals surface area contributed by atoms with Gasteiger partial charge in [-0.25, -0.2) is 0 Å². The average molecular weight is 122 g/mol. The van der Waals surface area contributed by atoms with Crippen molar-refractivity contribution in [3.8, 4) is 0 Å². The maximum atomic E-state index is 8.44. The van der Waals surface area contributed by atoms with E-state index in [0.717, 1.165) is 0 Å². The van der Waals surface area contributed by atoms with Crippen LogP contribution < -0.4 is 10.2 Å². The first-order valence-electron chi connectivity index (χ1n) is 1.26. The second kappa shape index (κ2) is 5.54. The largest absolute Gasteiger partial charge is 0.565 e. The SMILES string of the molecule is O=C([O-])O.O=C([O-])O. The third-order valence-corrected chi connectivity index (χ3v) is 0. The van der Waals surface area contributed by atoms with E-state index in [1.807, 2.05) is 0 Å². The Labute approximate surface area is 43.6 Å². The first-order chi connectivity index (χ1) is 3.46. The Balaban J connectivity index is 0. The van der Waals surface area contributed by atoms with Crippen LogP contribution in [0.15, 0.2) is 0 Å². The van der Waals surface area contributed by atoms with Crippen molar-refractivity contribution in [1.82, 2.24) is 0 Å². The van der Waals surface area contributed by atoms with Gasteiger partial charge in [-0.05, 0) is 0 Å². The lowest BCUT2D eigenvalue weighted by molar-refractivity contribution is -0.276. The Bertz CT molecular complexity index is 64.5. The molecule has 8 heavy (non-hydrogen) atoms. The van der Waals surface area contributed by atoms with Crippen LogP contribution in [0, 0.1) is 0 Å². The van der Waals surface area contributed by atoms with Gasteiger partial charge in [-0.1, -0.05) is 0 Å². The van der Waals surface area contributed by atoms with Crippen LogP contribution in [-0.4, -0.2) is 22.5 Å². The van der Waals surface area contributed by atoms with E-state index in [9.17, 15) is 0 Å². The van der Waals surface area contributed by atoms with Gasteiger partial charge in [-0.15, -0.1) is 0 Å². The minimum Gasteiger partial charge on any atom is -0.565 e. The third kappa shape index (κ3) is 26.7. The van der Waals surface area contributed by atoms with Crippen molar-refractivity contribution in [3.05, 3.63) is 0 Å². The highest BCUT2D eigenvalue weighted by molar-refractivity contribution is 5.50. The second-order valence-electron chi connectivity index (χ2n) is 0.532. The van der Waals surface area contributed by atoms with Crippen LogP contribution in [0.1, 0.15) is 0 Å². The van der Waals surface area contributed by atoms with Crippen molar-refractivity contribution < 1.29 is 30.0 Å². The minimum atomic E-state index is -2.08.